The van der Waals surface area contributed by atoms with Gasteiger partial charge in [0.15, 0.2) is 5.13 Å². The van der Waals surface area contributed by atoms with Crippen molar-refractivity contribution in [1.82, 2.24) is 14.8 Å². The smallest absolute Gasteiger partial charge is 0.238 e. The molecule has 2 aliphatic rings. The molecule has 0 aromatic carbocycles. The predicted octanol–water partition coefficient (Wildman–Crippen LogP) is 0.911. The number of rotatable bonds is 3. The second-order valence-electron chi connectivity index (χ2n) is 4.39. The van der Waals surface area contributed by atoms with E-state index in [9.17, 15) is 4.79 Å². The number of hydrogen-bond donors (Lipinski definition) is 1. The van der Waals surface area contributed by atoms with Gasteiger partial charge < -0.3 is 10.6 Å². The van der Waals surface area contributed by atoms with E-state index in [1.54, 1.807) is 6.20 Å². The van der Waals surface area contributed by atoms with E-state index in [1.165, 1.54) is 24.2 Å². The molecule has 17 heavy (non-hydrogen) atoms. The molecule has 0 unspecified atom stereocenters. The minimum Gasteiger partial charge on any atom is -0.375 e. The molecule has 3 rings (SSSR count). The Kier molecular flexibility index (Phi) is 3.56. The summed E-state index contributed by atoms with van der Waals surface area (Å²) in [5.74, 6) is 0.264. The fourth-order valence-corrected chi connectivity index (χ4v) is 2.78. The van der Waals surface area contributed by atoms with E-state index in [0.717, 1.165) is 18.1 Å². The first-order valence-corrected chi connectivity index (χ1v) is 6.26. The highest BCUT2D eigenvalue weighted by Gasteiger charge is 2.38. The lowest BCUT2D eigenvalue weighted by molar-refractivity contribution is -0.127. The number of thiazole rings is 1. The Labute approximate surface area is 110 Å². The van der Waals surface area contributed by atoms with Gasteiger partial charge in [0.05, 0.1) is 13.2 Å². The van der Waals surface area contributed by atoms with E-state index in [2.05, 4.69) is 9.88 Å². The first-order valence-electron chi connectivity index (χ1n) is 5.44. The molecule has 0 radical (unpaired) electrons. The molecule has 0 atom stereocenters. The standard InChI is InChI=1S/C10H14N4OS.ClH/c11-10-12-3-8(16-10)4-13-5-9(15)14(6-13)7-1-2-7;/h3,7H,1-2,4-6H2,(H2,11,12);1H. The van der Waals surface area contributed by atoms with Crippen LogP contribution in [0.5, 0.6) is 0 Å². The van der Waals surface area contributed by atoms with Gasteiger partial charge in [-0.2, -0.15) is 0 Å². The first-order chi connectivity index (χ1) is 7.72. The van der Waals surface area contributed by atoms with E-state index in [0.29, 0.717) is 17.7 Å². The molecular weight excluding hydrogens is 260 g/mol. The van der Waals surface area contributed by atoms with E-state index in [4.69, 9.17) is 5.73 Å². The van der Waals surface area contributed by atoms with Gasteiger partial charge in [-0.3, -0.25) is 9.69 Å². The van der Waals surface area contributed by atoms with Gasteiger partial charge in [0.25, 0.3) is 0 Å². The van der Waals surface area contributed by atoms with Crippen LogP contribution >= 0.6 is 23.7 Å². The Morgan fingerprint density at radius 2 is 2.29 bits per heavy atom. The molecular formula is C10H15ClN4OS. The number of anilines is 1. The summed E-state index contributed by atoms with van der Waals surface area (Å²) in [6.07, 6.45) is 4.14. The summed E-state index contributed by atoms with van der Waals surface area (Å²) in [6.45, 7) is 2.08. The number of carbonyl (C=O) groups excluding carboxylic acids is 1. The first kappa shape index (κ1) is 12.6. The minimum absolute atomic E-state index is 0. The molecule has 1 aliphatic heterocycles. The van der Waals surface area contributed by atoms with Gasteiger partial charge in [0, 0.05) is 23.7 Å². The average Bonchev–Trinajstić information content (AvgIpc) is 2.91. The quantitative estimate of drug-likeness (QED) is 0.890. The largest absolute Gasteiger partial charge is 0.375 e. The molecule has 5 nitrogen and oxygen atoms in total. The molecule has 0 bridgehead atoms. The number of carbonyl (C=O) groups is 1. The minimum atomic E-state index is 0. The zero-order valence-electron chi connectivity index (χ0n) is 9.33. The van der Waals surface area contributed by atoms with Crippen LogP contribution in [-0.4, -0.2) is 39.9 Å². The molecule has 1 aromatic heterocycles. The van der Waals surface area contributed by atoms with Crippen LogP contribution in [0, 0.1) is 0 Å². The van der Waals surface area contributed by atoms with Crippen LogP contribution in [0.25, 0.3) is 0 Å². The lowest BCUT2D eigenvalue weighted by Gasteiger charge is -2.16. The van der Waals surface area contributed by atoms with Crippen molar-refractivity contribution in [2.45, 2.75) is 25.4 Å². The van der Waals surface area contributed by atoms with Crippen molar-refractivity contribution in [2.75, 3.05) is 18.9 Å². The third-order valence-electron chi connectivity index (χ3n) is 2.97. The average molecular weight is 275 g/mol. The van der Waals surface area contributed by atoms with E-state index < -0.39 is 0 Å². The molecule has 1 aliphatic carbocycles. The van der Waals surface area contributed by atoms with Gasteiger partial charge in [-0.05, 0) is 12.8 Å². The summed E-state index contributed by atoms with van der Waals surface area (Å²) in [5.41, 5.74) is 5.58. The van der Waals surface area contributed by atoms with Crippen LogP contribution in [0.2, 0.25) is 0 Å². The van der Waals surface area contributed by atoms with Crippen molar-refractivity contribution in [1.29, 1.82) is 0 Å². The monoisotopic (exact) mass is 274 g/mol. The third kappa shape index (κ3) is 2.70. The van der Waals surface area contributed by atoms with Crippen LogP contribution in [0.4, 0.5) is 5.13 Å². The Hall–Kier alpha value is -0.850. The molecule has 1 saturated heterocycles. The number of nitrogens with zero attached hydrogens (tertiary/aromatic N) is 3. The van der Waals surface area contributed by atoms with Gasteiger partial charge >= 0.3 is 0 Å². The molecule has 94 valence electrons. The van der Waals surface area contributed by atoms with Crippen molar-refractivity contribution in [3.05, 3.63) is 11.1 Å². The third-order valence-corrected chi connectivity index (χ3v) is 3.78. The highest BCUT2D eigenvalue weighted by Crippen LogP contribution is 2.30. The maximum absolute atomic E-state index is 11.7. The lowest BCUT2D eigenvalue weighted by Crippen LogP contribution is -2.29. The molecule has 0 spiro atoms. The fourth-order valence-electron chi connectivity index (χ4n) is 2.05. The molecule has 7 heteroatoms. The van der Waals surface area contributed by atoms with Crippen molar-refractivity contribution in [3.63, 3.8) is 0 Å². The topological polar surface area (TPSA) is 62.5 Å². The highest BCUT2D eigenvalue weighted by molar-refractivity contribution is 7.15. The van der Waals surface area contributed by atoms with Crippen molar-refractivity contribution < 1.29 is 4.79 Å². The molecule has 1 aromatic rings. The van der Waals surface area contributed by atoms with Crippen molar-refractivity contribution in [3.8, 4) is 0 Å². The number of nitrogens with two attached hydrogens (primary N) is 1. The van der Waals surface area contributed by atoms with Crippen LogP contribution in [0.15, 0.2) is 6.20 Å². The summed E-state index contributed by atoms with van der Waals surface area (Å²) >= 11 is 1.50. The Morgan fingerprint density at radius 1 is 1.53 bits per heavy atom. The van der Waals surface area contributed by atoms with Crippen LogP contribution in [0.3, 0.4) is 0 Å². The van der Waals surface area contributed by atoms with E-state index in [1.807, 2.05) is 4.90 Å². The Balaban J connectivity index is 0.00000108. The van der Waals surface area contributed by atoms with Crippen LogP contribution in [-0.2, 0) is 11.3 Å². The summed E-state index contributed by atoms with van der Waals surface area (Å²) in [6, 6.07) is 0.518. The Morgan fingerprint density at radius 3 is 2.88 bits per heavy atom. The molecule has 2 N–H and O–H groups in total. The zero-order chi connectivity index (χ0) is 11.1. The lowest BCUT2D eigenvalue weighted by atomic mass is 10.5. The van der Waals surface area contributed by atoms with Crippen LogP contribution in [0.1, 0.15) is 17.7 Å². The maximum Gasteiger partial charge on any atom is 0.238 e. The van der Waals surface area contributed by atoms with E-state index in [-0.39, 0.29) is 18.3 Å². The Bertz CT molecular complexity index is 420. The van der Waals surface area contributed by atoms with E-state index >= 15 is 0 Å². The predicted molar refractivity (Wildman–Crippen MR) is 68.9 cm³/mol. The van der Waals surface area contributed by atoms with Gasteiger partial charge in [-0.25, -0.2) is 4.98 Å². The highest BCUT2D eigenvalue weighted by atomic mass is 35.5. The van der Waals surface area contributed by atoms with Gasteiger partial charge in [0.1, 0.15) is 0 Å². The number of halogens is 1. The van der Waals surface area contributed by atoms with Gasteiger partial charge in [0.2, 0.25) is 5.91 Å². The number of hydrogen-bond acceptors (Lipinski definition) is 5. The van der Waals surface area contributed by atoms with Gasteiger partial charge in [-0.1, -0.05) is 0 Å². The van der Waals surface area contributed by atoms with Crippen molar-refractivity contribution >= 4 is 34.8 Å². The number of aromatic nitrogens is 1. The summed E-state index contributed by atoms with van der Waals surface area (Å²) in [4.78, 5) is 21.0. The van der Waals surface area contributed by atoms with Crippen molar-refractivity contribution in [2.24, 2.45) is 0 Å². The molecule has 1 saturated carbocycles. The fraction of sp³-hybridized carbons (Fsp3) is 0.600. The SMILES string of the molecule is Cl.Nc1ncc(CN2CC(=O)N(C3CC3)C2)s1. The molecule has 2 heterocycles. The summed E-state index contributed by atoms with van der Waals surface area (Å²) < 4.78 is 0. The molecule has 2 fully saturated rings. The number of nitrogen functional groups attached to an aromatic ring is 1. The van der Waals surface area contributed by atoms with Gasteiger partial charge in [-0.15, -0.1) is 23.7 Å². The maximum atomic E-state index is 11.7. The zero-order valence-corrected chi connectivity index (χ0v) is 11.0. The normalized spacial score (nSPS) is 20.7. The second-order valence-corrected chi connectivity index (χ2v) is 5.53. The summed E-state index contributed by atoms with van der Waals surface area (Å²) in [5, 5.41) is 0.597. The summed E-state index contributed by atoms with van der Waals surface area (Å²) in [7, 11) is 0. The second kappa shape index (κ2) is 4.80. The number of amides is 1. The molecule has 1 amide bonds. The van der Waals surface area contributed by atoms with Crippen LogP contribution < -0.4 is 5.73 Å².